The molecule has 0 spiro atoms. The van der Waals surface area contributed by atoms with E-state index in [9.17, 15) is 0 Å². The average molecular weight is 148 g/mol. The number of hydrogen-bond donors (Lipinski definition) is 0. The number of rotatable bonds is 1. The summed E-state index contributed by atoms with van der Waals surface area (Å²) in [5.41, 5.74) is 0.627. The van der Waals surface area contributed by atoms with Crippen molar-refractivity contribution < 1.29 is 0 Å². The third-order valence-electron chi connectivity index (χ3n) is 4.30. The van der Waals surface area contributed by atoms with Crippen molar-refractivity contribution in [2.24, 2.45) is 23.2 Å². The second kappa shape index (κ2) is 2.28. The maximum absolute atomic E-state index is 5.74. The Kier molecular flexibility index (Phi) is 1.59. The SMILES string of the molecule is [B]CC1CCC2C[C@H]1C2(C)C. The maximum atomic E-state index is 5.74. The molecule has 0 saturated heterocycles. The Morgan fingerprint density at radius 2 is 2.09 bits per heavy atom. The van der Waals surface area contributed by atoms with Gasteiger partial charge in [0.05, 0.1) is 7.85 Å². The van der Waals surface area contributed by atoms with Crippen LogP contribution < -0.4 is 0 Å². The zero-order valence-corrected chi connectivity index (χ0v) is 7.64. The molecule has 3 saturated carbocycles. The number of hydrogen-bond acceptors (Lipinski definition) is 0. The Morgan fingerprint density at radius 3 is 2.45 bits per heavy atom. The maximum Gasteiger partial charge on any atom is 0.0656 e. The largest absolute Gasteiger partial charge is 0.0856 e. The normalized spacial score (nSPS) is 46.5. The van der Waals surface area contributed by atoms with Gasteiger partial charge >= 0.3 is 0 Å². The molecule has 0 N–H and O–H groups in total. The van der Waals surface area contributed by atoms with E-state index in [0.29, 0.717) is 5.41 Å². The third-order valence-corrected chi connectivity index (χ3v) is 4.30. The van der Waals surface area contributed by atoms with Crippen molar-refractivity contribution >= 4 is 7.85 Å². The van der Waals surface area contributed by atoms with E-state index >= 15 is 0 Å². The molecule has 0 heterocycles. The van der Waals surface area contributed by atoms with Gasteiger partial charge in [-0.15, -0.1) is 0 Å². The lowest BCUT2D eigenvalue weighted by Gasteiger charge is -2.60. The Labute approximate surface area is 71.2 Å². The zero-order chi connectivity index (χ0) is 8.06. The van der Waals surface area contributed by atoms with Crippen LogP contribution in [0.3, 0.4) is 0 Å². The lowest BCUT2D eigenvalue weighted by atomic mass is 9.44. The lowest BCUT2D eigenvalue weighted by molar-refractivity contribution is -0.0985. The molecule has 0 aromatic rings. The lowest BCUT2D eigenvalue weighted by Crippen LogP contribution is -2.52. The Hall–Kier alpha value is 0.0649. The quantitative estimate of drug-likeness (QED) is 0.501. The van der Waals surface area contributed by atoms with Crippen LogP contribution in [0.15, 0.2) is 0 Å². The molecular formula is C10H17B. The molecule has 3 rings (SSSR count). The fourth-order valence-corrected chi connectivity index (χ4v) is 3.24. The van der Waals surface area contributed by atoms with Gasteiger partial charge in [0.25, 0.3) is 0 Å². The highest BCUT2D eigenvalue weighted by atomic mass is 14.6. The summed E-state index contributed by atoms with van der Waals surface area (Å²) in [5.74, 6) is 2.82. The van der Waals surface area contributed by atoms with Crippen molar-refractivity contribution in [1.82, 2.24) is 0 Å². The van der Waals surface area contributed by atoms with Gasteiger partial charge in [-0.2, -0.15) is 0 Å². The van der Waals surface area contributed by atoms with E-state index in [1.54, 1.807) is 0 Å². The van der Waals surface area contributed by atoms with Gasteiger partial charge < -0.3 is 0 Å². The first-order chi connectivity index (χ1) is 5.16. The molecule has 0 aliphatic heterocycles. The van der Waals surface area contributed by atoms with Gasteiger partial charge in [-0.1, -0.05) is 26.6 Å². The van der Waals surface area contributed by atoms with Crippen LogP contribution >= 0.6 is 0 Å². The highest BCUT2D eigenvalue weighted by molar-refractivity contribution is 6.08. The summed E-state index contributed by atoms with van der Waals surface area (Å²) in [6.07, 6.45) is 5.22. The van der Waals surface area contributed by atoms with Crippen molar-refractivity contribution in [2.75, 3.05) is 0 Å². The van der Waals surface area contributed by atoms with E-state index in [2.05, 4.69) is 13.8 Å². The van der Waals surface area contributed by atoms with Crippen LogP contribution in [0.5, 0.6) is 0 Å². The molecule has 2 bridgehead atoms. The molecule has 2 radical (unpaired) electrons. The molecule has 60 valence electrons. The Morgan fingerprint density at radius 1 is 1.36 bits per heavy atom. The summed E-state index contributed by atoms with van der Waals surface area (Å²) in [7, 11) is 5.74. The molecule has 3 aliphatic rings. The molecule has 3 fully saturated rings. The van der Waals surface area contributed by atoms with Crippen molar-refractivity contribution in [1.29, 1.82) is 0 Å². The van der Waals surface area contributed by atoms with Gasteiger partial charge in [-0.3, -0.25) is 0 Å². The van der Waals surface area contributed by atoms with Crippen molar-refractivity contribution in [2.45, 2.75) is 39.4 Å². The van der Waals surface area contributed by atoms with E-state index in [-0.39, 0.29) is 0 Å². The van der Waals surface area contributed by atoms with Crippen molar-refractivity contribution in [3.63, 3.8) is 0 Å². The van der Waals surface area contributed by atoms with Gasteiger partial charge in [0.1, 0.15) is 0 Å². The minimum absolute atomic E-state index is 0.627. The number of fused-ring (bicyclic) bond motifs is 2. The average Bonchev–Trinajstić information content (AvgIpc) is 2.04. The molecule has 3 atom stereocenters. The Balaban J connectivity index is 2.10. The topological polar surface area (TPSA) is 0 Å². The smallest absolute Gasteiger partial charge is 0.0656 e. The second-order valence-electron chi connectivity index (χ2n) is 4.93. The minimum atomic E-state index is 0.627. The summed E-state index contributed by atoms with van der Waals surface area (Å²) in [6, 6.07) is 0. The predicted octanol–water partition coefficient (Wildman–Crippen LogP) is 2.65. The molecule has 2 unspecified atom stereocenters. The van der Waals surface area contributed by atoms with Gasteiger partial charge in [-0.25, -0.2) is 0 Å². The first-order valence-electron chi connectivity index (χ1n) is 4.86. The second-order valence-corrected chi connectivity index (χ2v) is 4.93. The third kappa shape index (κ3) is 0.894. The van der Waals surface area contributed by atoms with Gasteiger partial charge in [0, 0.05) is 0 Å². The summed E-state index contributed by atoms with van der Waals surface area (Å²) >= 11 is 0. The van der Waals surface area contributed by atoms with E-state index in [4.69, 9.17) is 7.85 Å². The van der Waals surface area contributed by atoms with Crippen LogP contribution in [-0.2, 0) is 0 Å². The summed E-state index contributed by atoms with van der Waals surface area (Å²) < 4.78 is 0. The molecule has 1 heteroatoms. The van der Waals surface area contributed by atoms with E-state index < -0.39 is 0 Å². The van der Waals surface area contributed by atoms with Crippen LogP contribution in [0, 0.1) is 23.2 Å². The van der Waals surface area contributed by atoms with Gasteiger partial charge in [-0.05, 0) is 36.0 Å². The van der Waals surface area contributed by atoms with Gasteiger partial charge in [0.15, 0.2) is 0 Å². The highest BCUT2D eigenvalue weighted by Crippen LogP contribution is 2.61. The first kappa shape index (κ1) is 7.70. The summed E-state index contributed by atoms with van der Waals surface area (Å²) in [6.45, 7) is 4.85. The first-order valence-corrected chi connectivity index (χ1v) is 4.86. The van der Waals surface area contributed by atoms with Crippen LogP contribution in [-0.4, -0.2) is 7.85 Å². The van der Waals surface area contributed by atoms with Crippen LogP contribution in [0.2, 0.25) is 6.32 Å². The minimum Gasteiger partial charge on any atom is -0.0856 e. The monoisotopic (exact) mass is 148 g/mol. The fraction of sp³-hybridized carbons (Fsp3) is 1.00. The van der Waals surface area contributed by atoms with Crippen molar-refractivity contribution in [3.05, 3.63) is 0 Å². The standard InChI is InChI=1S/C10H17B/c1-10(2)8-4-3-7(6-11)9(10)5-8/h7-9H,3-6H2,1-2H3/t7?,8?,9-/m1/s1. The molecule has 11 heavy (non-hydrogen) atoms. The molecule has 0 amide bonds. The molecular weight excluding hydrogens is 131 g/mol. The highest BCUT2D eigenvalue weighted by Gasteiger charge is 2.53. The molecule has 3 aliphatic carbocycles. The van der Waals surface area contributed by atoms with E-state index in [1.165, 1.54) is 19.3 Å². The molecule has 0 aromatic carbocycles. The van der Waals surface area contributed by atoms with E-state index in [1.807, 2.05) is 0 Å². The van der Waals surface area contributed by atoms with E-state index in [0.717, 1.165) is 24.1 Å². The molecule has 0 aromatic heterocycles. The van der Waals surface area contributed by atoms with Crippen LogP contribution in [0.25, 0.3) is 0 Å². The van der Waals surface area contributed by atoms with Crippen LogP contribution in [0.4, 0.5) is 0 Å². The van der Waals surface area contributed by atoms with Crippen LogP contribution in [0.1, 0.15) is 33.1 Å². The van der Waals surface area contributed by atoms with Gasteiger partial charge in [0.2, 0.25) is 0 Å². The zero-order valence-electron chi connectivity index (χ0n) is 7.64. The fourth-order valence-electron chi connectivity index (χ4n) is 3.24. The summed E-state index contributed by atoms with van der Waals surface area (Å²) in [4.78, 5) is 0. The van der Waals surface area contributed by atoms with Crippen molar-refractivity contribution in [3.8, 4) is 0 Å². The predicted molar refractivity (Wildman–Crippen MR) is 48.7 cm³/mol. The molecule has 0 nitrogen and oxygen atoms in total. The summed E-state index contributed by atoms with van der Waals surface area (Å²) in [5, 5.41) is 0. The Bertz CT molecular complexity index is 160.